The normalized spacial score (nSPS) is 35.9. The van der Waals surface area contributed by atoms with Gasteiger partial charge in [-0.15, -0.1) is 0 Å². The number of anilines is 4. The minimum absolute atomic E-state index is 0.263. The molecular weight excluding hydrogens is 540 g/mol. The number of para-hydroxylation sites is 2. The lowest BCUT2D eigenvalue weighted by atomic mass is 9.49. The van der Waals surface area contributed by atoms with E-state index in [0.29, 0.717) is 35.5 Å². The van der Waals surface area contributed by atoms with E-state index in [9.17, 15) is 9.59 Å². The quantitative estimate of drug-likeness (QED) is 0.290. The molecule has 4 heteroatoms. The Labute approximate surface area is 261 Å². The van der Waals surface area contributed by atoms with Crippen LogP contribution in [0.4, 0.5) is 22.7 Å². The van der Waals surface area contributed by atoms with Crippen LogP contribution < -0.4 is 9.80 Å². The molecule has 0 aromatic heterocycles. The molecule has 2 amide bonds. The summed E-state index contributed by atoms with van der Waals surface area (Å²) in [6.45, 7) is 0. The second-order valence-electron chi connectivity index (χ2n) is 15.9. The molecule has 0 spiro atoms. The standard InChI is InChI=1S/C40H44N2O2/c43-37(39-21-27-14-28(22-39)16-29(15-27)23-39)41(33-8-3-1-4-9-33)35-12-7-13-36(20-35)42(34-10-5-2-6-11-34)38(44)40-24-30-17-31(25-40)19-32(18-30)26-40/h1-13,20,27-32H,14-19,21-26H2. The van der Waals surface area contributed by atoms with Crippen molar-refractivity contribution in [2.24, 2.45) is 46.3 Å². The highest BCUT2D eigenvalue weighted by atomic mass is 16.2. The summed E-state index contributed by atoms with van der Waals surface area (Å²) in [4.78, 5) is 33.9. The van der Waals surface area contributed by atoms with Gasteiger partial charge in [0.15, 0.2) is 0 Å². The van der Waals surface area contributed by atoms with Gasteiger partial charge >= 0.3 is 0 Å². The predicted octanol–water partition coefficient (Wildman–Crippen LogP) is 9.45. The molecule has 8 aliphatic carbocycles. The Kier molecular flexibility index (Phi) is 6.16. The van der Waals surface area contributed by atoms with Crippen LogP contribution in [0, 0.1) is 46.3 Å². The molecule has 8 fully saturated rings. The highest BCUT2D eigenvalue weighted by Crippen LogP contribution is 2.62. The second kappa shape index (κ2) is 10.1. The van der Waals surface area contributed by atoms with E-state index in [1.807, 2.05) is 46.2 Å². The number of nitrogens with zero attached hydrogens (tertiary/aromatic N) is 2. The maximum Gasteiger partial charge on any atom is 0.237 e. The fourth-order valence-electron chi connectivity index (χ4n) is 11.9. The number of rotatable bonds is 6. The molecule has 0 radical (unpaired) electrons. The Morgan fingerprint density at radius 1 is 0.432 bits per heavy atom. The van der Waals surface area contributed by atoms with Gasteiger partial charge in [0.1, 0.15) is 0 Å². The Morgan fingerprint density at radius 2 is 0.727 bits per heavy atom. The van der Waals surface area contributed by atoms with Gasteiger partial charge in [-0.2, -0.15) is 0 Å². The van der Waals surface area contributed by atoms with E-state index in [0.717, 1.165) is 61.3 Å². The molecule has 0 unspecified atom stereocenters. The van der Waals surface area contributed by atoms with Gasteiger partial charge in [-0.05, 0) is 155 Å². The average molecular weight is 585 g/mol. The van der Waals surface area contributed by atoms with E-state index in [1.54, 1.807) is 0 Å². The second-order valence-corrected chi connectivity index (χ2v) is 15.9. The van der Waals surface area contributed by atoms with Crippen molar-refractivity contribution < 1.29 is 9.59 Å². The summed E-state index contributed by atoms with van der Waals surface area (Å²) in [6.07, 6.45) is 14.0. The van der Waals surface area contributed by atoms with Crippen LogP contribution in [0.2, 0.25) is 0 Å². The summed E-state index contributed by atoms with van der Waals surface area (Å²) in [5.74, 6) is 4.70. The van der Waals surface area contributed by atoms with Crippen molar-refractivity contribution in [1.29, 1.82) is 0 Å². The fourth-order valence-corrected chi connectivity index (χ4v) is 11.9. The number of hydrogen-bond donors (Lipinski definition) is 0. The van der Waals surface area contributed by atoms with Crippen LogP contribution in [0.3, 0.4) is 0 Å². The summed E-state index contributed by atoms with van der Waals surface area (Å²) in [7, 11) is 0. The van der Waals surface area contributed by atoms with Crippen LogP contribution in [-0.2, 0) is 9.59 Å². The first-order valence-electron chi connectivity index (χ1n) is 17.4. The van der Waals surface area contributed by atoms with Gasteiger partial charge in [0.25, 0.3) is 0 Å². The number of hydrogen-bond acceptors (Lipinski definition) is 2. The lowest BCUT2D eigenvalue weighted by Crippen LogP contribution is -2.54. The average Bonchev–Trinajstić information content (AvgIpc) is 3.01. The van der Waals surface area contributed by atoms with Crippen molar-refractivity contribution in [2.75, 3.05) is 9.80 Å². The number of carbonyl (C=O) groups excluding carboxylic acids is 2. The van der Waals surface area contributed by atoms with Crippen LogP contribution in [0.25, 0.3) is 0 Å². The van der Waals surface area contributed by atoms with E-state index in [-0.39, 0.29) is 22.6 Å². The van der Waals surface area contributed by atoms with Crippen molar-refractivity contribution in [3.63, 3.8) is 0 Å². The Balaban J connectivity index is 1.13. The van der Waals surface area contributed by atoms with Crippen molar-refractivity contribution in [3.8, 4) is 0 Å². The Bertz CT molecular complexity index is 1390. The summed E-state index contributed by atoms with van der Waals surface area (Å²) in [5.41, 5.74) is 3.04. The zero-order valence-electron chi connectivity index (χ0n) is 25.7. The van der Waals surface area contributed by atoms with Gasteiger partial charge in [0.05, 0.1) is 22.2 Å². The Hall–Kier alpha value is -3.40. The molecule has 8 aliphatic rings. The molecular formula is C40H44N2O2. The molecule has 8 bridgehead atoms. The number of benzene rings is 3. The number of carbonyl (C=O) groups is 2. The van der Waals surface area contributed by atoms with Crippen LogP contribution in [0.15, 0.2) is 84.9 Å². The van der Waals surface area contributed by atoms with E-state index < -0.39 is 0 Å². The molecule has 11 rings (SSSR count). The number of amides is 2. The summed E-state index contributed by atoms with van der Waals surface area (Å²) in [5, 5.41) is 0. The van der Waals surface area contributed by atoms with Crippen molar-refractivity contribution in [3.05, 3.63) is 84.9 Å². The highest BCUT2D eigenvalue weighted by molar-refractivity contribution is 6.07. The molecule has 0 saturated heterocycles. The van der Waals surface area contributed by atoms with E-state index in [4.69, 9.17) is 0 Å². The Morgan fingerprint density at radius 3 is 1.05 bits per heavy atom. The van der Waals surface area contributed by atoms with Gasteiger partial charge in [-0.1, -0.05) is 42.5 Å². The van der Waals surface area contributed by atoms with Gasteiger partial charge in [0.2, 0.25) is 11.8 Å². The zero-order valence-corrected chi connectivity index (χ0v) is 25.7. The first-order chi connectivity index (χ1) is 21.5. The summed E-state index contributed by atoms with van der Waals surface area (Å²) >= 11 is 0. The largest absolute Gasteiger partial charge is 0.281 e. The maximum atomic E-state index is 15.0. The third-order valence-electron chi connectivity index (χ3n) is 12.8. The van der Waals surface area contributed by atoms with Gasteiger partial charge in [0, 0.05) is 11.4 Å². The summed E-state index contributed by atoms with van der Waals surface area (Å²) in [6, 6.07) is 28.8. The van der Waals surface area contributed by atoms with E-state index in [1.165, 1.54) is 38.5 Å². The molecule has 0 aliphatic heterocycles. The first kappa shape index (κ1) is 27.0. The summed E-state index contributed by atoms with van der Waals surface area (Å²) < 4.78 is 0. The monoisotopic (exact) mass is 584 g/mol. The molecule has 0 N–H and O–H groups in total. The smallest absolute Gasteiger partial charge is 0.237 e. The molecule has 4 nitrogen and oxygen atoms in total. The topological polar surface area (TPSA) is 40.6 Å². The van der Waals surface area contributed by atoms with Crippen molar-refractivity contribution in [2.45, 2.75) is 77.0 Å². The zero-order chi connectivity index (χ0) is 29.5. The predicted molar refractivity (Wildman–Crippen MR) is 175 cm³/mol. The SMILES string of the molecule is O=C(N(c1ccccc1)c1cccc(N(C(=O)C23CC4CC(CC(C4)C2)C3)c2ccccc2)c1)C12CC3CC(CC(C3)C1)C2. The third-order valence-corrected chi connectivity index (χ3v) is 12.8. The van der Waals surface area contributed by atoms with E-state index in [2.05, 4.69) is 48.5 Å². The van der Waals surface area contributed by atoms with Gasteiger partial charge in [-0.3, -0.25) is 19.4 Å². The molecule has 0 atom stereocenters. The van der Waals surface area contributed by atoms with Crippen LogP contribution in [-0.4, -0.2) is 11.8 Å². The molecule has 226 valence electrons. The highest BCUT2D eigenvalue weighted by Gasteiger charge is 2.57. The fraction of sp³-hybridized carbons (Fsp3) is 0.500. The maximum absolute atomic E-state index is 15.0. The lowest BCUT2D eigenvalue weighted by molar-refractivity contribution is -0.142. The minimum atomic E-state index is -0.269. The van der Waals surface area contributed by atoms with Crippen LogP contribution >= 0.6 is 0 Å². The first-order valence-corrected chi connectivity index (χ1v) is 17.4. The molecule has 44 heavy (non-hydrogen) atoms. The lowest BCUT2D eigenvalue weighted by Gasteiger charge is -2.56. The van der Waals surface area contributed by atoms with E-state index >= 15 is 0 Å². The van der Waals surface area contributed by atoms with Gasteiger partial charge < -0.3 is 0 Å². The van der Waals surface area contributed by atoms with Gasteiger partial charge in [-0.25, -0.2) is 0 Å². The minimum Gasteiger partial charge on any atom is -0.281 e. The molecule has 3 aromatic carbocycles. The van der Waals surface area contributed by atoms with Crippen LogP contribution in [0.1, 0.15) is 77.0 Å². The third kappa shape index (κ3) is 4.30. The van der Waals surface area contributed by atoms with Crippen molar-refractivity contribution >= 4 is 34.6 Å². The van der Waals surface area contributed by atoms with Crippen LogP contribution in [0.5, 0.6) is 0 Å². The van der Waals surface area contributed by atoms with Crippen molar-refractivity contribution in [1.82, 2.24) is 0 Å². The molecule has 8 saturated carbocycles. The molecule has 3 aromatic rings. The molecule has 0 heterocycles.